The highest BCUT2D eigenvalue weighted by atomic mass is 15.5. The highest BCUT2D eigenvalue weighted by Gasteiger charge is 2.22. The summed E-state index contributed by atoms with van der Waals surface area (Å²) in [6, 6.07) is 31.7. The molecule has 11 nitrogen and oxygen atoms in total. The van der Waals surface area contributed by atoms with Crippen LogP contribution in [0, 0.1) is 0 Å². The SMILES string of the molecule is c1ccc(-n2nnnc2-c2ccc3c(c2)c2nccc(-c4nnnn4-c4ccccc4)c2n3-c2cccnc2)cc1. The number of aromatic nitrogens is 11. The van der Waals surface area contributed by atoms with Gasteiger partial charge in [-0.05, 0) is 81.5 Å². The van der Waals surface area contributed by atoms with Crippen LogP contribution in [0.3, 0.4) is 0 Å². The molecule has 0 atom stereocenters. The van der Waals surface area contributed by atoms with Crippen molar-refractivity contribution in [1.29, 1.82) is 0 Å². The molecular weight excluding hydrogens is 514 g/mol. The third-order valence-electron chi connectivity index (χ3n) is 6.98. The average molecular weight is 534 g/mol. The molecule has 0 bridgehead atoms. The summed E-state index contributed by atoms with van der Waals surface area (Å²) in [5.41, 5.74) is 6.93. The monoisotopic (exact) mass is 533 g/mol. The molecule has 0 unspecified atom stereocenters. The molecule has 41 heavy (non-hydrogen) atoms. The minimum absolute atomic E-state index is 0.602. The van der Waals surface area contributed by atoms with Crippen molar-refractivity contribution >= 4 is 21.9 Å². The van der Waals surface area contributed by atoms with Gasteiger partial charge in [0.15, 0.2) is 11.6 Å². The van der Waals surface area contributed by atoms with Gasteiger partial charge < -0.3 is 4.57 Å². The predicted octanol–water partition coefficient (Wildman–Crippen LogP) is 4.86. The summed E-state index contributed by atoms with van der Waals surface area (Å²) in [7, 11) is 0. The number of rotatable bonds is 5. The molecule has 0 aliphatic carbocycles. The zero-order valence-corrected chi connectivity index (χ0v) is 21.4. The van der Waals surface area contributed by atoms with E-state index in [0.29, 0.717) is 11.6 Å². The summed E-state index contributed by atoms with van der Waals surface area (Å²) in [5.74, 6) is 1.23. The summed E-state index contributed by atoms with van der Waals surface area (Å²) in [5, 5.41) is 26.3. The first-order chi connectivity index (χ1) is 20.4. The Hall–Kier alpha value is -6.10. The highest BCUT2D eigenvalue weighted by Crippen LogP contribution is 2.38. The summed E-state index contributed by atoms with van der Waals surface area (Å²) < 4.78 is 5.61. The Morgan fingerprint density at radius 2 is 1.27 bits per heavy atom. The zero-order chi connectivity index (χ0) is 27.2. The van der Waals surface area contributed by atoms with E-state index in [2.05, 4.69) is 52.7 Å². The van der Waals surface area contributed by atoms with Crippen molar-refractivity contribution < 1.29 is 0 Å². The minimum atomic E-state index is 0.602. The van der Waals surface area contributed by atoms with Crippen LogP contribution in [0.25, 0.3) is 61.8 Å². The maximum Gasteiger partial charge on any atom is 0.189 e. The topological polar surface area (TPSA) is 118 Å². The second-order valence-electron chi connectivity index (χ2n) is 9.33. The molecule has 5 aromatic heterocycles. The van der Waals surface area contributed by atoms with E-state index in [1.807, 2.05) is 91.1 Å². The second-order valence-corrected chi connectivity index (χ2v) is 9.33. The van der Waals surface area contributed by atoms with Gasteiger partial charge in [-0.2, -0.15) is 9.36 Å². The first-order valence-corrected chi connectivity index (χ1v) is 12.9. The molecule has 8 aromatic rings. The van der Waals surface area contributed by atoms with Crippen LogP contribution in [-0.4, -0.2) is 54.9 Å². The number of hydrogen-bond donors (Lipinski definition) is 0. The van der Waals surface area contributed by atoms with Crippen LogP contribution in [-0.2, 0) is 0 Å². The molecule has 0 N–H and O–H groups in total. The van der Waals surface area contributed by atoms with Crippen molar-refractivity contribution in [3.05, 3.63) is 116 Å². The third kappa shape index (κ3) is 3.67. The quantitative estimate of drug-likeness (QED) is 0.308. The van der Waals surface area contributed by atoms with E-state index in [1.54, 1.807) is 21.8 Å². The number of pyridine rings is 2. The lowest BCUT2D eigenvalue weighted by molar-refractivity contribution is 0.791. The molecule has 3 aromatic carbocycles. The third-order valence-corrected chi connectivity index (χ3v) is 6.98. The van der Waals surface area contributed by atoms with Crippen molar-refractivity contribution in [1.82, 2.24) is 54.9 Å². The molecule has 11 heteroatoms. The van der Waals surface area contributed by atoms with E-state index >= 15 is 0 Å². The molecule has 194 valence electrons. The molecule has 0 saturated carbocycles. The summed E-state index contributed by atoms with van der Waals surface area (Å²) in [6.45, 7) is 0. The standard InChI is InChI=1S/C30H19N11/c1-3-8-21(9-4-1)40-29(33-35-37-40)20-13-14-26-25(18-20)27-28(39(26)23-12-7-16-31-19-23)24(15-17-32-27)30-34-36-38-41(30)22-10-5-2-6-11-22/h1-19H. The lowest BCUT2D eigenvalue weighted by Crippen LogP contribution is -2.02. The molecule has 0 aliphatic rings. The van der Waals surface area contributed by atoms with Crippen molar-refractivity contribution in [2.75, 3.05) is 0 Å². The largest absolute Gasteiger partial charge is 0.305 e. The highest BCUT2D eigenvalue weighted by molar-refractivity contribution is 6.12. The lowest BCUT2D eigenvalue weighted by Gasteiger charge is -2.11. The molecule has 0 spiro atoms. The molecule has 0 fully saturated rings. The van der Waals surface area contributed by atoms with Crippen LogP contribution in [0.1, 0.15) is 0 Å². The molecular formula is C30H19N11. The van der Waals surface area contributed by atoms with Crippen LogP contribution in [0.15, 0.2) is 116 Å². The first-order valence-electron chi connectivity index (χ1n) is 12.9. The van der Waals surface area contributed by atoms with Crippen molar-refractivity contribution in [3.8, 4) is 39.8 Å². The van der Waals surface area contributed by atoms with Gasteiger partial charge in [0.05, 0.1) is 39.8 Å². The van der Waals surface area contributed by atoms with E-state index in [0.717, 1.165) is 50.1 Å². The van der Waals surface area contributed by atoms with Crippen molar-refractivity contribution in [2.45, 2.75) is 0 Å². The van der Waals surface area contributed by atoms with Crippen LogP contribution in [0.2, 0.25) is 0 Å². The maximum absolute atomic E-state index is 4.85. The summed E-state index contributed by atoms with van der Waals surface area (Å²) in [6.07, 6.45) is 5.38. The molecule has 0 aliphatic heterocycles. The minimum Gasteiger partial charge on any atom is -0.305 e. The normalized spacial score (nSPS) is 11.4. The number of benzene rings is 3. The molecule has 0 amide bonds. The van der Waals surface area contributed by atoms with E-state index < -0.39 is 0 Å². The van der Waals surface area contributed by atoms with Gasteiger partial charge in [0.25, 0.3) is 0 Å². The van der Waals surface area contributed by atoms with Gasteiger partial charge in [-0.15, -0.1) is 10.2 Å². The predicted molar refractivity (Wildman–Crippen MR) is 153 cm³/mol. The number of nitrogens with zero attached hydrogens (tertiary/aromatic N) is 11. The van der Waals surface area contributed by atoms with Crippen molar-refractivity contribution in [3.63, 3.8) is 0 Å². The van der Waals surface area contributed by atoms with Gasteiger partial charge in [0.2, 0.25) is 0 Å². The Labute approximate surface area is 232 Å². The fourth-order valence-corrected chi connectivity index (χ4v) is 5.20. The Morgan fingerprint density at radius 3 is 1.98 bits per heavy atom. The van der Waals surface area contributed by atoms with Crippen LogP contribution < -0.4 is 0 Å². The van der Waals surface area contributed by atoms with E-state index in [9.17, 15) is 0 Å². The van der Waals surface area contributed by atoms with Gasteiger partial charge in [0, 0.05) is 28.9 Å². The van der Waals surface area contributed by atoms with Crippen LogP contribution >= 0.6 is 0 Å². The van der Waals surface area contributed by atoms with Gasteiger partial charge >= 0.3 is 0 Å². The molecule has 5 heterocycles. The van der Waals surface area contributed by atoms with Gasteiger partial charge in [-0.1, -0.05) is 36.4 Å². The van der Waals surface area contributed by atoms with E-state index in [4.69, 9.17) is 4.98 Å². The Bertz CT molecular complexity index is 2150. The first kappa shape index (κ1) is 22.8. The summed E-state index contributed by atoms with van der Waals surface area (Å²) in [4.78, 5) is 9.25. The lowest BCUT2D eigenvalue weighted by atomic mass is 10.1. The van der Waals surface area contributed by atoms with Gasteiger partial charge in [-0.25, -0.2) is 0 Å². The number of hydrogen-bond acceptors (Lipinski definition) is 8. The van der Waals surface area contributed by atoms with E-state index in [1.165, 1.54) is 0 Å². The smallest absolute Gasteiger partial charge is 0.189 e. The Kier molecular flexibility index (Phi) is 5.17. The average Bonchev–Trinajstić information content (AvgIpc) is 3.80. The van der Waals surface area contributed by atoms with Gasteiger partial charge in [0.1, 0.15) is 0 Å². The number of para-hydroxylation sites is 2. The second kappa shape index (κ2) is 9.27. The summed E-state index contributed by atoms with van der Waals surface area (Å²) >= 11 is 0. The fraction of sp³-hybridized carbons (Fsp3) is 0. The maximum atomic E-state index is 4.85. The number of tetrazole rings is 2. The number of fused-ring (bicyclic) bond motifs is 3. The molecule has 0 radical (unpaired) electrons. The fourth-order valence-electron chi connectivity index (χ4n) is 5.20. The van der Waals surface area contributed by atoms with E-state index in [-0.39, 0.29) is 0 Å². The Balaban J connectivity index is 1.41. The van der Waals surface area contributed by atoms with Crippen LogP contribution in [0.5, 0.6) is 0 Å². The van der Waals surface area contributed by atoms with Crippen molar-refractivity contribution in [2.24, 2.45) is 0 Å². The molecule has 8 rings (SSSR count). The van der Waals surface area contributed by atoms with Crippen LogP contribution in [0.4, 0.5) is 0 Å². The zero-order valence-electron chi connectivity index (χ0n) is 21.4. The molecule has 0 saturated heterocycles. The Morgan fingerprint density at radius 1 is 0.585 bits per heavy atom. The van der Waals surface area contributed by atoms with Gasteiger partial charge in [-0.3, -0.25) is 9.97 Å².